The number of rotatable bonds is 3. The van der Waals surface area contributed by atoms with Crippen LogP contribution in [0.25, 0.3) is 6.08 Å². The molecule has 0 saturated heterocycles. The van der Waals surface area contributed by atoms with Crippen LogP contribution in [0.2, 0.25) is 5.02 Å². The molecule has 19 heavy (non-hydrogen) atoms. The van der Waals surface area contributed by atoms with E-state index in [1.165, 1.54) is 12.3 Å². The molecule has 6 heteroatoms. The van der Waals surface area contributed by atoms with Gasteiger partial charge in [0.15, 0.2) is 5.82 Å². The molecule has 0 aliphatic carbocycles. The number of hydrogen-bond donors (Lipinski definition) is 1. The number of benzene rings is 1. The third-order valence-corrected chi connectivity index (χ3v) is 2.58. The van der Waals surface area contributed by atoms with Crippen LogP contribution >= 0.6 is 11.6 Å². The molecule has 0 fully saturated rings. The van der Waals surface area contributed by atoms with Gasteiger partial charge in [-0.05, 0) is 30.3 Å². The zero-order valence-corrected chi connectivity index (χ0v) is 10.2. The third-order valence-electron chi connectivity index (χ3n) is 2.24. The van der Waals surface area contributed by atoms with Gasteiger partial charge >= 0.3 is 0 Å². The molecule has 1 amide bonds. The van der Waals surface area contributed by atoms with Crippen molar-refractivity contribution in [3.8, 4) is 0 Å². The van der Waals surface area contributed by atoms with Gasteiger partial charge in [0.1, 0.15) is 16.6 Å². The summed E-state index contributed by atoms with van der Waals surface area (Å²) in [5.74, 6) is -2.00. The number of anilines is 1. The van der Waals surface area contributed by atoms with Crippen LogP contribution < -0.4 is 5.32 Å². The summed E-state index contributed by atoms with van der Waals surface area (Å²) in [5, 5.41) is 1.59. The maximum Gasteiger partial charge on any atom is 0.248 e. The summed E-state index contributed by atoms with van der Waals surface area (Å²) in [7, 11) is 0. The number of carbonyl (C=O) groups excluding carboxylic acids is 1. The summed E-state index contributed by atoms with van der Waals surface area (Å²) in [6.45, 7) is 0. The summed E-state index contributed by atoms with van der Waals surface area (Å²) in [6.07, 6.45) is 4.03. The fourth-order valence-corrected chi connectivity index (χ4v) is 1.51. The highest BCUT2D eigenvalue weighted by Crippen LogP contribution is 2.25. The van der Waals surface area contributed by atoms with Crippen molar-refractivity contribution in [1.82, 2.24) is 0 Å². The highest BCUT2D eigenvalue weighted by molar-refractivity contribution is 6.31. The molecule has 3 nitrogen and oxygen atoms in total. The zero-order valence-electron chi connectivity index (χ0n) is 9.49. The van der Waals surface area contributed by atoms with Gasteiger partial charge in [0, 0.05) is 6.08 Å². The largest absolute Gasteiger partial charge is 0.465 e. The average Bonchev–Trinajstić information content (AvgIpc) is 2.90. The second-order valence-corrected chi connectivity index (χ2v) is 3.94. The Kier molecular flexibility index (Phi) is 3.97. The van der Waals surface area contributed by atoms with Crippen molar-refractivity contribution in [2.75, 3.05) is 5.32 Å². The van der Waals surface area contributed by atoms with Gasteiger partial charge < -0.3 is 9.73 Å². The molecule has 2 rings (SSSR count). The van der Waals surface area contributed by atoms with E-state index >= 15 is 0 Å². The van der Waals surface area contributed by atoms with Crippen LogP contribution in [0.5, 0.6) is 0 Å². The predicted octanol–water partition coefficient (Wildman–Crippen LogP) is 3.86. The number of hydrogen-bond acceptors (Lipinski definition) is 2. The molecule has 0 spiro atoms. The maximum atomic E-state index is 13.5. The van der Waals surface area contributed by atoms with Gasteiger partial charge in [-0.1, -0.05) is 11.6 Å². The predicted molar refractivity (Wildman–Crippen MR) is 67.7 cm³/mol. The quantitative estimate of drug-likeness (QED) is 0.686. The fourth-order valence-electron chi connectivity index (χ4n) is 1.34. The molecule has 1 aromatic heterocycles. The fraction of sp³-hybridized carbons (Fsp3) is 0. The van der Waals surface area contributed by atoms with E-state index in [1.54, 1.807) is 12.1 Å². The monoisotopic (exact) mass is 283 g/mol. The molecule has 0 saturated carbocycles. The van der Waals surface area contributed by atoms with E-state index in [1.807, 2.05) is 0 Å². The zero-order chi connectivity index (χ0) is 13.8. The molecule has 1 N–H and O–H groups in total. The van der Waals surface area contributed by atoms with Crippen molar-refractivity contribution >= 4 is 29.3 Å². The topological polar surface area (TPSA) is 42.2 Å². The summed E-state index contributed by atoms with van der Waals surface area (Å²) in [5.41, 5.74) is -0.194. The minimum Gasteiger partial charge on any atom is -0.465 e. The smallest absolute Gasteiger partial charge is 0.248 e. The van der Waals surface area contributed by atoms with Crippen LogP contribution in [0.3, 0.4) is 0 Å². The second kappa shape index (κ2) is 5.67. The Morgan fingerprint density at radius 1 is 1.32 bits per heavy atom. The minimum absolute atomic E-state index is 0.194. The van der Waals surface area contributed by atoms with Gasteiger partial charge in [-0.2, -0.15) is 0 Å². The van der Waals surface area contributed by atoms with Crippen molar-refractivity contribution in [3.05, 3.63) is 59.0 Å². The van der Waals surface area contributed by atoms with E-state index in [4.69, 9.17) is 16.0 Å². The highest BCUT2D eigenvalue weighted by Gasteiger charge is 2.12. The van der Waals surface area contributed by atoms with Crippen molar-refractivity contribution in [2.24, 2.45) is 0 Å². The second-order valence-electron chi connectivity index (χ2n) is 3.56. The molecule has 0 aliphatic heterocycles. The average molecular weight is 284 g/mol. The number of amides is 1. The molecule has 0 unspecified atom stereocenters. The van der Waals surface area contributed by atoms with Gasteiger partial charge in [0.05, 0.1) is 12.0 Å². The molecule has 2 aromatic rings. The van der Waals surface area contributed by atoms with Gasteiger partial charge in [-0.15, -0.1) is 0 Å². The lowest BCUT2D eigenvalue weighted by Gasteiger charge is -2.05. The Morgan fingerprint density at radius 2 is 2.11 bits per heavy atom. The van der Waals surface area contributed by atoms with Crippen LogP contribution in [0.1, 0.15) is 5.76 Å². The van der Waals surface area contributed by atoms with E-state index in [9.17, 15) is 13.6 Å². The first-order valence-electron chi connectivity index (χ1n) is 5.24. The summed E-state index contributed by atoms with van der Waals surface area (Å²) >= 11 is 5.39. The lowest BCUT2D eigenvalue weighted by atomic mass is 10.3. The van der Waals surface area contributed by atoms with Crippen LogP contribution in [-0.4, -0.2) is 5.91 Å². The molecule has 0 bridgehead atoms. The van der Waals surface area contributed by atoms with Crippen molar-refractivity contribution in [1.29, 1.82) is 0 Å². The van der Waals surface area contributed by atoms with Gasteiger partial charge in [-0.3, -0.25) is 4.79 Å². The Balaban J connectivity index is 2.09. The first-order valence-corrected chi connectivity index (χ1v) is 5.62. The molecule has 0 radical (unpaired) electrons. The Morgan fingerprint density at radius 3 is 2.79 bits per heavy atom. The maximum absolute atomic E-state index is 13.5. The van der Waals surface area contributed by atoms with E-state index in [0.717, 1.165) is 18.2 Å². The Bertz CT molecular complexity index is 624. The molecule has 1 aromatic carbocycles. The lowest BCUT2D eigenvalue weighted by Crippen LogP contribution is -2.09. The van der Waals surface area contributed by atoms with Gasteiger partial charge in [0.25, 0.3) is 0 Å². The molecular weight excluding hydrogens is 276 g/mol. The molecule has 0 aliphatic rings. The summed E-state index contributed by atoms with van der Waals surface area (Å²) < 4.78 is 31.4. The number of halogens is 3. The molecular formula is C13H8ClF2NO2. The van der Waals surface area contributed by atoms with E-state index < -0.39 is 22.6 Å². The van der Waals surface area contributed by atoms with E-state index in [-0.39, 0.29) is 5.69 Å². The van der Waals surface area contributed by atoms with Crippen LogP contribution in [0, 0.1) is 11.6 Å². The first kappa shape index (κ1) is 13.3. The summed E-state index contributed by atoms with van der Waals surface area (Å²) in [6, 6.07) is 5.38. The SMILES string of the molecule is O=C(C=Cc1ccco1)Nc1ccc(F)c(Cl)c1F. The standard InChI is InChI=1S/C13H8ClF2NO2/c14-12-9(15)4-5-10(13(12)16)17-11(18)6-3-8-2-1-7-19-8/h1-7H,(H,17,18). The minimum atomic E-state index is -1.01. The van der Waals surface area contributed by atoms with Gasteiger partial charge in [-0.25, -0.2) is 8.78 Å². The normalized spacial score (nSPS) is 10.9. The number of furan rings is 1. The van der Waals surface area contributed by atoms with Crippen LogP contribution in [0.15, 0.2) is 41.0 Å². The van der Waals surface area contributed by atoms with Crippen molar-refractivity contribution in [2.45, 2.75) is 0 Å². The van der Waals surface area contributed by atoms with Gasteiger partial charge in [0.2, 0.25) is 5.91 Å². The third kappa shape index (κ3) is 3.20. The lowest BCUT2D eigenvalue weighted by molar-refractivity contribution is -0.111. The highest BCUT2D eigenvalue weighted by atomic mass is 35.5. The number of carbonyl (C=O) groups is 1. The van der Waals surface area contributed by atoms with E-state index in [2.05, 4.69) is 5.32 Å². The van der Waals surface area contributed by atoms with Crippen molar-refractivity contribution < 1.29 is 18.0 Å². The molecule has 1 heterocycles. The van der Waals surface area contributed by atoms with Crippen LogP contribution in [-0.2, 0) is 4.79 Å². The molecule has 0 atom stereocenters. The summed E-state index contributed by atoms with van der Waals surface area (Å²) in [4.78, 5) is 11.5. The van der Waals surface area contributed by atoms with Crippen molar-refractivity contribution in [3.63, 3.8) is 0 Å². The first-order chi connectivity index (χ1) is 9.08. The van der Waals surface area contributed by atoms with Crippen LogP contribution in [0.4, 0.5) is 14.5 Å². The Hall–Kier alpha value is -2.14. The number of nitrogens with one attached hydrogen (secondary N) is 1. The Labute approximate surface area is 112 Å². The van der Waals surface area contributed by atoms with E-state index in [0.29, 0.717) is 5.76 Å². The molecule has 98 valence electrons.